The van der Waals surface area contributed by atoms with Gasteiger partial charge in [-0.3, -0.25) is 4.79 Å². The van der Waals surface area contributed by atoms with Crippen molar-refractivity contribution in [2.45, 2.75) is 51.5 Å². The van der Waals surface area contributed by atoms with Crippen molar-refractivity contribution in [3.05, 3.63) is 23.8 Å². The van der Waals surface area contributed by atoms with E-state index in [4.69, 9.17) is 4.74 Å². The summed E-state index contributed by atoms with van der Waals surface area (Å²) >= 11 is 0. The SMILES string of the molecule is CC(=O)N1c2ccc(S(=O)(=O)NCCCOCC(C)C)cc2CC1C. The molecule has 0 bridgehead atoms. The molecule has 1 heterocycles. The number of amides is 1. The van der Waals surface area contributed by atoms with Crippen molar-refractivity contribution < 1.29 is 17.9 Å². The van der Waals surface area contributed by atoms with E-state index in [0.29, 0.717) is 38.5 Å². The maximum Gasteiger partial charge on any atom is 0.240 e. The first-order valence-corrected chi connectivity index (χ1v) is 10.2. The zero-order chi connectivity index (χ0) is 18.6. The van der Waals surface area contributed by atoms with Crippen LogP contribution in [-0.2, 0) is 26.0 Å². The van der Waals surface area contributed by atoms with Crippen LogP contribution in [0.3, 0.4) is 0 Å². The summed E-state index contributed by atoms with van der Waals surface area (Å²) in [5, 5.41) is 0. The van der Waals surface area contributed by atoms with Crippen LogP contribution in [0.2, 0.25) is 0 Å². The molecule has 7 heteroatoms. The number of ether oxygens (including phenoxy) is 1. The highest BCUT2D eigenvalue weighted by molar-refractivity contribution is 7.89. The third-order valence-electron chi connectivity index (χ3n) is 4.12. The molecule has 1 amide bonds. The lowest BCUT2D eigenvalue weighted by Gasteiger charge is -2.20. The molecule has 1 aromatic rings. The molecule has 2 rings (SSSR count). The first kappa shape index (κ1) is 19.9. The van der Waals surface area contributed by atoms with Gasteiger partial charge in [-0.1, -0.05) is 13.8 Å². The Morgan fingerprint density at radius 2 is 2.12 bits per heavy atom. The molecule has 1 N–H and O–H groups in total. The van der Waals surface area contributed by atoms with Gasteiger partial charge < -0.3 is 9.64 Å². The number of anilines is 1. The molecule has 1 aliphatic rings. The molecule has 25 heavy (non-hydrogen) atoms. The molecule has 1 atom stereocenters. The normalized spacial score (nSPS) is 17.2. The largest absolute Gasteiger partial charge is 0.381 e. The molecule has 0 radical (unpaired) electrons. The van der Waals surface area contributed by atoms with Gasteiger partial charge in [0.15, 0.2) is 0 Å². The average molecular weight is 368 g/mol. The van der Waals surface area contributed by atoms with Gasteiger partial charge in [-0.15, -0.1) is 0 Å². The molecule has 1 aromatic carbocycles. The van der Waals surface area contributed by atoms with Crippen LogP contribution in [-0.4, -0.2) is 40.1 Å². The predicted octanol–water partition coefficient (Wildman–Crippen LogP) is 2.33. The Labute approximate surface area is 150 Å². The minimum atomic E-state index is -3.55. The Balaban J connectivity index is 1.97. The highest BCUT2D eigenvalue weighted by Gasteiger charge is 2.30. The summed E-state index contributed by atoms with van der Waals surface area (Å²) in [6.45, 7) is 9.20. The molecule has 0 saturated carbocycles. The summed E-state index contributed by atoms with van der Waals surface area (Å²) in [4.78, 5) is 13.7. The highest BCUT2D eigenvalue weighted by Crippen LogP contribution is 2.33. The Kier molecular flexibility index (Phi) is 6.59. The van der Waals surface area contributed by atoms with Gasteiger partial charge >= 0.3 is 0 Å². The van der Waals surface area contributed by atoms with Gasteiger partial charge in [0, 0.05) is 38.4 Å². The van der Waals surface area contributed by atoms with Crippen molar-refractivity contribution in [1.82, 2.24) is 4.72 Å². The Morgan fingerprint density at radius 3 is 2.76 bits per heavy atom. The fraction of sp³-hybridized carbons (Fsp3) is 0.611. The number of rotatable bonds is 8. The molecule has 6 nitrogen and oxygen atoms in total. The zero-order valence-electron chi connectivity index (χ0n) is 15.4. The smallest absolute Gasteiger partial charge is 0.240 e. The van der Waals surface area contributed by atoms with Gasteiger partial charge in [-0.25, -0.2) is 13.1 Å². The average Bonchev–Trinajstić information content (AvgIpc) is 2.85. The number of carbonyl (C=O) groups excluding carboxylic acids is 1. The van der Waals surface area contributed by atoms with E-state index in [1.807, 2.05) is 6.92 Å². The van der Waals surface area contributed by atoms with E-state index < -0.39 is 10.0 Å². The Hall–Kier alpha value is -1.44. The second kappa shape index (κ2) is 8.29. The third kappa shape index (κ3) is 5.03. The number of nitrogens with one attached hydrogen (secondary N) is 1. The van der Waals surface area contributed by atoms with Crippen LogP contribution in [0.4, 0.5) is 5.69 Å². The van der Waals surface area contributed by atoms with E-state index in [-0.39, 0.29) is 16.8 Å². The summed E-state index contributed by atoms with van der Waals surface area (Å²) in [5.74, 6) is 0.446. The van der Waals surface area contributed by atoms with Crippen LogP contribution in [0, 0.1) is 5.92 Å². The van der Waals surface area contributed by atoms with Crippen molar-refractivity contribution >= 4 is 21.6 Å². The summed E-state index contributed by atoms with van der Waals surface area (Å²) in [6.07, 6.45) is 1.30. The minimum absolute atomic E-state index is 0.0265. The fourth-order valence-electron chi connectivity index (χ4n) is 3.04. The van der Waals surface area contributed by atoms with Gasteiger partial charge in [0.2, 0.25) is 15.9 Å². The lowest BCUT2D eigenvalue weighted by atomic mass is 10.1. The van der Waals surface area contributed by atoms with Crippen molar-refractivity contribution in [1.29, 1.82) is 0 Å². The van der Waals surface area contributed by atoms with Gasteiger partial charge in [0.25, 0.3) is 0 Å². The summed E-state index contributed by atoms with van der Waals surface area (Å²) in [5.41, 5.74) is 1.70. The Bertz CT molecular complexity index is 716. The summed E-state index contributed by atoms with van der Waals surface area (Å²) < 4.78 is 32.9. The molecule has 1 aliphatic heterocycles. The van der Waals surface area contributed by atoms with E-state index in [9.17, 15) is 13.2 Å². The van der Waals surface area contributed by atoms with Crippen LogP contribution in [0.1, 0.15) is 39.7 Å². The van der Waals surface area contributed by atoms with E-state index in [1.165, 1.54) is 6.92 Å². The molecule has 0 fully saturated rings. The van der Waals surface area contributed by atoms with E-state index >= 15 is 0 Å². The van der Waals surface area contributed by atoms with Crippen LogP contribution < -0.4 is 9.62 Å². The van der Waals surface area contributed by atoms with Crippen LogP contribution in [0.5, 0.6) is 0 Å². The number of sulfonamides is 1. The Morgan fingerprint density at radius 1 is 1.40 bits per heavy atom. The minimum Gasteiger partial charge on any atom is -0.381 e. The van der Waals surface area contributed by atoms with Gasteiger partial charge in [0.05, 0.1) is 4.90 Å². The zero-order valence-corrected chi connectivity index (χ0v) is 16.2. The lowest BCUT2D eigenvalue weighted by molar-refractivity contribution is -0.116. The number of carbonyl (C=O) groups is 1. The topological polar surface area (TPSA) is 75.7 Å². The van der Waals surface area contributed by atoms with Crippen molar-refractivity contribution in [2.75, 3.05) is 24.7 Å². The van der Waals surface area contributed by atoms with Crippen LogP contribution in [0.25, 0.3) is 0 Å². The van der Waals surface area contributed by atoms with Crippen LogP contribution in [0.15, 0.2) is 23.1 Å². The van der Waals surface area contributed by atoms with Crippen LogP contribution >= 0.6 is 0 Å². The molecule has 0 spiro atoms. The second-order valence-electron chi connectivity index (χ2n) is 6.95. The molecular weight excluding hydrogens is 340 g/mol. The van der Waals surface area contributed by atoms with E-state index in [0.717, 1.165) is 11.3 Å². The van der Waals surface area contributed by atoms with Crippen molar-refractivity contribution in [2.24, 2.45) is 5.92 Å². The molecule has 0 aliphatic carbocycles. The molecule has 0 aromatic heterocycles. The maximum absolute atomic E-state index is 12.4. The van der Waals surface area contributed by atoms with E-state index in [2.05, 4.69) is 18.6 Å². The first-order valence-electron chi connectivity index (χ1n) is 8.72. The second-order valence-corrected chi connectivity index (χ2v) is 8.72. The summed E-state index contributed by atoms with van der Waals surface area (Å²) in [7, 11) is -3.55. The fourth-order valence-corrected chi connectivity index (χ4v) is 4.16. The van der Waals surface area contributed by atoms with Crippen molar-refractivity contribution in [3.63, 3.8) is 0 Å². The van der Waals surface area contributed by atoms with E-state index in [1.54, 1.807) is 23.1 Å². The number of fused-ring (bicyclic) bond motifs is 1. The third-order valence-corrected chi connectivity index (χ3v) is 5.58. The quantitative estimate of drug-likeness (QED) is 0.715. The maximum atomic E-state index is 12.4. The number of benzene rings is 1. The molecule has 0 saturated heterocycles. The van der Waals surface area contributed by atoms with Gasteiger partial charge in [-0.2, -0.15) is 0 Å². The highest BCUT2D eigenvalue weighted by atomic mass is 32.2. The number of nitrogens with zero attached hydrogens (tertiary/aromatic N) is 1. The standard InChI is InChI=1S/C18H28N2O4S/c1-13(2)12-24-9-5-8-19-25(22,23)17-6-7-18-16(11-17)10-14(3)20(18)15(4)21/h6-7,11,13-14,19H,5,8-10,12H2,1-4H3. The van der Waals surface area contributed by atoms with Gasteiger partial charge in [-0.05, 0) is 49.4 Å². The monoisotopic (exact) mass is 368 g/mol. The molecule has 140 valence electrons. The number of hydrogen-bond donors (Lipinski definition) is 1. The number of hydrogen-bond acceptors (Lipinski definition) is 4. The predicted molar refractivity (Wildman–Crippen MR) is 98.2 cm³/mol. The van der Waals surface area contributed by atoms with Crippen molar-refractivity contribution in [3.8, 4) is 0 Å². The summed E-state index contributed by atoms with van der Waals surface area (Å²) in [6, 6.07) is 5.01. The molecule has 1 unspecified atom stereocenters. The van der Waals surface area contributed by atoms with Gasteiger partial charge in [0.1, 0.15) is 0 Å². The molecular formula is C18H28N2O4S. The lowest BCUT2D eigenvalue weighted by Crippen LogP contribution is -2.33. The first-order chi connectivity index (χ1) is 11.7.